The zero-order valence-corrected chi connectivity index (χ0v) is 17.6. The molecule has 0 unspecified atom stereocenters. The number of carbonyl (C=O) groups is 2. The normalized spacial score (nSPS) is 20.3. The second-order valence-corrected chi connectivity index (χ2v) is 8.48. The predicted octanol–water partition coefficient (Wildman–Crippen LogP) is 2.79. The molecular weight excluding hydrogens is 434 g/mol. The monoisotopic (exact) mass is 451 g/mol. The highest BCUT2D eigenvalue weighted by Crippen LogP contribution is 2.54. The van der Waals surface area contributed by atoms with Crippen molar-refractivity contribution in [2.24, 2.45) is 5.92 Å². The number of nitro benzene ring substituents is 1. The Balaban J connectivity index is 1.62. The number of non-ortho nitro benzene ring substituents is 1. The predicted molar refractivity (Wildman–Crippen MR) is 114 cm³/mol. The summed E-state index contributed by atoms with van der Waals surface area (Å²) in [6, 6.07) is 14.3. The number of carbonyl (C=O) groups excluding carboxylic acids is 2. The molecule has 10 heteroatoms. The van der Waals surface area contributed by atoms with Crippen LogP contribution in [0.3, 0.4) is 0 Å². The average molecular weight is 451 g/mol. The molecule has 1 fully saturated rings. The third-order valence-electron chi connectivity index (χ3n) is 5.26. The average Bonchev–Trinajstić information content (AvgIpc) is 3.12. The molecular formula is C22H17N3O6S. The summed E-state index contributed by atoms with van der Waals surface area (Å²) in [7, 11) is 0. The number of fused-ring (bicyclic) bond motifs is 1. The van der Waals surface area contributed by atoms with E-state index in [0.717, 1.165) is 0 Å². The summed E-state index contributed by atoms with van der Waals surface area (Å²) >= 11 is 1.28. The highest BCUT2D eigenvalue weighted by molar-refractivity contribution is 8.09. The summed E-state index contributed by atoms with van der Waals surface area (Å²) in [5, 5.41) is 29.5. The maximum Gasteiger partial charge on any atom is 0.356 e. The molecule has 2 aromatic carbocycles. The van der Waals surface area contributed by atoms with Crippen molar-refractivity contribution < 1.29 is 24.4 Å². The second kappa shape index (κ2) is 8.45. The van der Waals surface area contributed by atoms with E-state index in [-0.39, 0.29) is 23.9 Å². The number of benzene rings is 2. The van der Waals surface area contributed by atoms with Crippen LogP contribution in [0, 0.1) is 27.4 Å². The Kier molecular flexibility index (Phi) is 5.69. The molecule has 2 heterocycles. The Morgan fingerprint density at radius 2 is 2.06 bits per heavy atom. The minimum atomic E-state index is -0.876. The highest BCUT2D eigenvalue weighted by atomic mass is 32.2. The summed E-state index contributed by atoms with van der Waals surface area (Å²) in [6.45, 7) is 1.39. The molecule has 2 aliphatic heterocycles. The van der Waals surface area contributed by atoms with Crippen molar-refractivity contribution in [2.45, 2.75) is 25.0 Å². The number of nitriles is 1. The number of aliphatic hydroxyl groups is 1. The molecule has 1 amide bonds. The number of β-lactam (4-membered cyclic amide) rings is 1. The van der Waals surface area contributed by atoms with Crippen LogP contribution in [-0.4, -0.2) is 38.3 Å². The summed E-state index contributed by atoms with van der Waals surface area (Å²) in [5.74, 6) is -1.74. The van der Waals surface area contributed by atoms with Crippen molar-refractivity contribution in [3.05, 3.63) is 81.0 Å². The number of nitrogens with zero attached hydrogens (tertiary/aromatic N) is 3. The van der Waals surface area contributed by atoms with E-state index in [2.05, 4.69) is 6.07 Å². The van der Waals surface area contributed by atoms with Crippen molar-refractivity contribution in [1.29, 1.82) is 5.26 Å². The topological polar surface area (TPSA) is 134 Å². The molecule has 0 aliphatic carbocycles. The zero-order chi connectivity index (χ0) is 23.0. The number of thioether (sulfide) groups is 1. The van der Waals surface area contributed by atoms with E-state index in [4.69, 9.17) is 4.74 Å². The lowest BCUT2D eigenvalue weighted by Crippen LogP contribution is -2.60. The number of esters is 1. The van der Waals surface area contributed by atoms with E-state index < -0.39 is 28.3 Å². The first-order valence-electron chi connectivity index (χ1n) is 9.65. The van der Waals surface area contributed by atoms with Gasteiger partial charge in [-0.2, -0.15) is 5.26 Å². The lowest BCUT2D eigenvalue weighted by molar-refractivity contribution is -0.384. The van der Waals surface area contributed by atoms with Crippen LogP contribution in [0.4, 0.5) is 5.69 Å². The number of amides is 1. The van der Waals surface area contributed by atoms with E-state index in [0.29, 0.717) is 21.6 Å². The van der Waals surface area contributed by atoms with Crippen molar-refractivity contribution in [3.8, 4) is 6.07 Å². The second-order valence-electron chi connectivity index (χ2n) is 7.35. The molecule has 1 N–H and O–H groups in total. The van der Waals surface area contributed by atoms with E-state index in [1.165, 1.54) is 47.9 Å². The van der Waals surface area contributed by atoms with Gasteiger partial charge in [0, 0.05) is 17.0 Å². The van der Waals surface area contributed by atoms with E-state index >= 15 is 0 Å². The maximum atomic E-state index is 13.0. The smallest absolute Gasteiger partial charge is 0.356 e. The molecule has 1 saturated heterocycles. The van der Waals surface area contributed by atoms with Crippen LogP contribution in [0.1, 0.15) is 23.6 Å². The largest absolute Gasteiger partial charge is 0.456 e. The lowest BCUT2D eigenvalue weighted by Gasteiger charge is -2.43. The summed E-state index contributed by atoms with van der Waals surface area (Å²) in [6.07, 6.45) is -0.876. The first-order chi connectivity index (χ1) is 15.3. The zero-order valence-electron chi connectivity index (χ0n) is 16.8. The van der Waals surface area contributed by atoms with Gasteiger partial charge >= 0.3 is 5.97 Å². The molecule has 0 spiro atoms. The number of hydrogen-bond acceptors (Lipinski definition) is 8. The Labute approximate surface area is 187 Å². The van der Waals surface area contributed by atoms with Crippen LogP contribution in [0.2, 0.25) is 0 Å². The van der Waals surface area contributed by atoms with Gasteiger partial charge in [-0.1, -0.05) is 23.9 Å². The first kappa shape index (κ1) is 21.5. The van der Waals surface area contributed by atoms with Crippen molar-refractivity contribution in [3.63, 3.8) is 0 Å². The van der Waals surface area contributed by atoms with Crippen LogP contribution in [0.5, 0.6) is 0 Å². The fourth-order valence-corrected chi connectivity index (χ4v) is 5.24. The van der Waals surface area contributed by atoms with Crippen LogP contribution in [0.25, 0.3) is 4.91 Å². The minimum Gasteiger partial charge on any atom is -0.456 e. The molecule has 0 aromatic heterocycles. The third kappa shape index (κ3) is 3.72. The van der Waals surface area contributed by atoms with Gasteiger partial charge < -0.3 is 9.84 Å². The maximum absolute atomic E-state index is 13.0. The number of aliphatic hydroxyl groups excluding tert-OH is 1. The Morgan fingerprint density at radius 3 is 2.69 bits per heavy atom. The molecule has 2 aliphatic rings. The SMILES string of the molecule is C[C@@H](O)[C@H]1C(=O)N2C(C(=O)OCc3ccc([N+](=O)[O-])cc3)=C(c3cccc(C#N)c3)S[C@H]12. The van der Waals surface area contributed by atoms with Gasteiger partial charge in [0.25, 0.3) is 5.69 Å². The Morgan fingerprint density at radius 1 is 1.34 bits per heavy atom. The van der Waals surface area contributed by atoms with Crippen LogP contribution in [0.15, 0.2) is 54.2 Å². The van der Waals surface area contributed by atoms with E-state index in [1.54, 1.807) is 24.3 Å². The van der Waals surface area contributed by atoms with Gasteiger partial charge in [-0.15, -0.1) is 0 Å². The molecule has 0 saturated carbocycles. The molecule has 9 nitrogen and oxygen atoms in total. The number of hydrogen-bond donors (Lipinski definition) is 1. The molecule has 0 radical (unpaired) electrons. The first-order valence-corrected chi connectivity index (χ1v) is 10.5. The van der Waals surface area contributed by atoms with Gasteiger partial charge in [0.2, 0.25) is 5.91 Å². The standard InChI is InChI=1S/C22H17N3O6S/c1-12(26)17-20(27)24-18(19(32-21(17)24)15-4-2-3-14(9-15)10-23)22(28)31-11-13-5-7-16(8-6-13)25(29)30/h2-9,12,17,21,26H,11H2,1H3/t12-,17+,21-/m1/s1. The van der Waals surface area contributed by atoms with Crippen molar-refractivity contribution >= 4 is 34.2 Å². The summed E-state index contributed by atoms with van der Waals surface area (Å²) < 4.78 is 5.42. The minimum absolute atomic E-state index is 0.0684. The van der Waals surface area contributed by atoms with E-state index in [9.17, 15) is 30.1 Å². The fraction of sp³-hybridized carbons (Fsp3) is 0.227. The Bertz CT molecular complexity index is 1180. The van der Waals surface area contributed by atoms with Gasteiger partial charge in [-0.3, -0.25) is 19.8 Å². The Hall–Kier alpha value is -3.68. The fourth-order valence-electron chi connectivity index (χ4n) is 3.64. The molecule has 4 rings (SSSR count). The third-order valence-corrected chi connectivity index (χ3v) is 6.67. The van der Waals surface area contributed by atoms with Gasteiger partial charge in [0.05, 0.1) is 28.6 Å². The number of ether oxygens (including phenoxy) is 1. The molecule has 162 valence electrons. The van der Waals surface area contributed by atoms with Crippen molar-refractivity contribution in [1.82, 2.24) is 4.90 Å². The number of rotatable bonds is 6. The van der Waals surface area contributed by atoms with Crippen LogP contribution < -0.4 is 0 Å². The molecule has 32 heavy (non-hydrogen) atoms. The highest BCUT2D eigenvalue weighted by Gasteiger charge is 2.58. The van der Waals surface area contributed by atoms with Gasteiger partial charge in [-0.25, -0.2) is 4.79 Å². The van der Waals surface area contributed by atoms with Crippen LogP contribution in [-0.2, 0) is 20.9 Å². The van der Waals surface area contributed by atoms with Gasteiger partial charge in [-0.05, 0) is 42.3 Å². The van der Waals surface area contributed by atoms with Gasteiger partial charge in [0.1, 0.15) is 17.7 Å². The molecule has 3 atom stereocenters. The van der Waals surface area contributed by atoms with E-state index in [1.807, 2.05) is 0 Å². The molecule has 2 aromatic rings. The van der Waals surface area contributed by atoms with Crippen molar-refractivity contribution in [2.75, 3.05) is 0 Å². The lowest BCUT2D eigenvalue weighted by atomic mass is 9.92. The molecule has 0 bridgehead atoms. The summed E-state index contributed by atoms with van der Waals surface area (Å²) in [5.41, 5.74) is 1.55. The quantitative estimate of drug-likeness (QED) is 0.307. The number of nitro groups is 1. The summed E-state index contributed by atoms with van der Waals surface area (Å²) in [4.78, 5) is 37.8. The van der Waals surface area contributed by atoms with Gasteiger partial charge in [0.15, 0.2) is 0 Å². The van der Waals surface area contributed by atoms with Crippen LogP contribution >= 0.6 is 11.8 Å².